The van der Waals surface area contributed by atoms with E-state index < -0.39 is 0 Å². The van der Waals surface area contributed by atoms with Crippen molar-refractivity contribution in [1.29, 1.82) is 0 Å². The van der Waals surface area contributed by atoms with Crippen LogP contribution >= 0.6 is 31.9 Å². The molecule has 3 rings (SSSR count). The molecule has 20 heavy (non-hydrogen) atoms. The normalized spacial score (nSPS) is 16.3. The van der Waals surface area contributed by atoms with Crippen LogP contribution in [0.15, 0.2) is 39.5 Å². The van der Waals surface area contributed by atoms with E-state index in [1.165, 1.54) is 32.1 Å². The van der Waals surface area contributed by atoms with Crippen molar-refractivity contribution in [2.45, 2.75) is 38.1 Å². The standard InChI is InChI=1S/C15H17Br2N3/c16-12-7-4-8-13(17)14(12)19-15-18-9-10-20(15)11-5-2-1-3-6-11/h4,7-11H,1-3,5-6H2,(H,18,19). The van der Waals surface area contributed by atoms with Crippen LogP contribution < -0.4 is 5.32 Å². The molecule has 2 aromatic rings. The van der Waals surface area contributed by atoms with Gasteiger partial charge in [0.05, 0.1) is 5.69 Å². The molecular formula is C15H17Br2N3. The van der Waals surface area contributed by atoms with E-state index in [9.17, 15) is 0 Å². The molecule has 1 aliphatic carbocycles. The first kappa shape index (κ1) is 14.1. The summed E-state index contributed by atoms with van der Waals surface area (Å²) in [5, 5.41) is 3.44. The third-order valence-electron chi connectivity index (χ3n) is 3.84. The number of nitrogens with zero attached hydrogens (tertiary/aromatic N) is 2. The molecule has 0 unspecified atom stereocenters. The fraction of sp³-hybridized carbons (Fsp3) is 0.400. The minimum Gasteiger partial charge on any atom is -0.324 e. The minimum absolute atomic E-state index is 0.579. The Morgan fingerprint density at radius 2 is 1.80 bits per heavy atom. The maximum atomic E-state index is 4.48. The van der Waals surface area contributed by atoms with Crippen molar-refractivity contribution < 1.29 is 0 Å². The summed E-state index contributed by atoms with van der Waals surface area (Å²) in [6, 6.07) is 6.64. The Hall–Kier alpha value is -0.810. The molecular weight excluding hydrogens is 382 g/mol. The van der Waals surface area contributed by atoms with Gasteiger partial charge in [0.25, 0.3) is 0 Å². The molecule has 1 heterocycles. The van der Waals surface area contributed by atoms with Gasteiger partial charge < -0.3 is 9.88 Å². The number of rotatable bonds is 3. The first-order chi connectivity index (χ1) is 9.75. The van der Waals surface area contributed by atoms with Crippen molar-refractivity contribution in [1.82, 2.24) is 9.55 Å². The number of para-hydroxylation sites is 1. The van der Waals surface area contributed by atoms with Gasteiger partial charge in [-0.05, 0) is 56.8 Å². The predicted molar refractivity (Wildman–Crippen MR) is 89.5 cm³/mol. The molecule has 1 N–H and O–H groups in total. The highest BCUT2D eigenvalue weighted by Crippen LogP contribution is 2.35. The van der Waals surface area contributed by atoms with E-state index in [0.717, 1.165) is 20.6 Å². The summed E-state index contributed by atoms with van der Waals surface area (Å²) in [7, 11) is 0. The van der Waals surface area contributed by atoms with Crippen molar-refractivity contribution in [3.05, 3.63) is 39.5 Å². The molecule has 0 atom stereocenters. The van der Waals surface area contributed by atoms with Gasteiger partial charge in [-0.2, -0.15) is 0 Å². The van der Waals surface area contributed by atoms with E-state index in [-0.39, 0.29) is 0 Å². The summed E-state index contributed by atoms with van der Waals surface area (Å²) < 4.78 is 4.35. The van der Waals surface area contributed by atoms with Crippen LogP contribution in [0.3, 0.4) is 0 Å². The largest absolute Gasteiger partial charge is 0.324 e. The number of nitrogens with one attached hydrogen (secondary N) is 1. The second-order valence-electron chi connectivity index (χ2n) is 5.17. The SMILES string of the molecule is Brc1cccc(Br)c1Nc1nccn1C1CCCCC1. The van der Waals surface area contributed by atoms with Crippen molar-refractivity contribution in [2.24, 2.45) is 0 Å². The zero-order valence-electron chi connectivity index (χ0n) is 11.1. The van der Waals surface area contributed by atoms with Gasteiger partial charge in [0.2, 0.25) is 5.95 Å². The van der Waals surface area contributed by atoms with Crippen LogP contribution in [0.25, 0.3) is 0 Å². The summed E-state index contributed by atoms with van der Waals surface area (Å²) in [5.41, 5.74) is 1.02. The molecule has 1 aliphatic rings. The highest BCUT2D eigenvalue weighted by atomic mass is 79.9. The number of benzene rings is 1. The van der Waals surface area contributed by atoms with Crippen LogP contribution in [0.4, 0.5) is 11.6 Å². The summed E-state index contributed by atoms with van der Waals surface area (Å²) in [6.45, 7) is 0. The third-order valence-corrected chi connectivity index (χ3v) is 5.16. The van der Waals surface area contributed by atoms with Gasteiger partial charge in [-0.3, -0.25) is 0 Å². The lowest BCUT2D eigenvalue weighted by Crippen LogP contribution is -2.14. The van der Waals surface area contributed by atoms with Gasteiger partial charge in [-0.1, -0.05) is 25.3 Å². The molecule has 0 radical (unpaired) electrons. The van der Waals surface area contributed by atoms with Gasteiger partial charge >= 0.3 is 0 Å². The van der Waals surface area contributed by atoms with Crippen LogP contribution in [-0.2, 0) is 0 Å². The van der Waals surface area contributed by atoms with E-state index in [2.05, 4.69) is 52.9 Å². The second-order valence-corrected chi connectivity index (χ2v) is 6.88. The molecule has 5 heteroatoms. The third kappa shape index (κ3) is 2.93. The molecule has 1 aromatic heterocycles. The predicted octanol–water partition coefficient (Wildman–Crippen LogP) is 5.66. The van der Waals surface area contributed by atoms with Crippen LogP contribution in [0.5, 0.6) is 0 Å². The first-order valence-electron chi connectivity index (χ1n) is 6.99. The molecule has 1 saturated carbocycles. The Morgan fingerprint density at radius 1 is 1.10 bits per heavy atom. The second kappa shape index (κ2) is 6.31. The van der Waals surface area contributed by atoms with Gasteiger partial charge in [0.1, 0.15) is 0 Å². The molecule has 3 nitrogen and oxygen atoms in total. The molecule has 106 valence electrons. The zero-order valence-corrected chi connectivity index (χ0v) is 14.3. The fourth-order valence-electron chi connectivity index (χ4n) is 2.79. The first-order valence-corrected chi connectivity index (χ1v) is 8.58. The van der Waals surface area contributed by atoms with Crippen LogP contribution in [0.2, 0.25) is 0 Å². The lowest BCUT2D eigenvalue weighted by molar-refractivity contribution is 0.356. The lowest BCUT2D eigenvalue weighted by Gasteiger charge is -2.25. The molecule has 0 spiro atoms. The smallest absolute Gasteiger partial charge is 0.207 e. The molecule has 0 bridgehead atoms. The van der Waals surface area contributed by atoms with Crippen molar-refractivity contribution in [2.75, 3.05) is 5.32 Å². The molecule has 0 saturated heterocycles. The Labute approximate surface area is 136 Å². The zero-order chi connectivity index (χ0) is 13.9. The number of hydrogen-bond acceptors (Lipinski definition) is 2. The van der Waals surface area contributed by atoms with E-state index in [1.54, 1.807) is 0 Å². The Morgan fingerprint density at radius 3 is 2.50 bits per heavy atom. The molecule has 0 aliphatic heterocycles. The van der Waals surface area contributed by atoms with Gasteiger partial charge in [0.15, 0.2) is 0 Å². The summed E-state index contributed by atoms with van der Waals surface area (Å²) in [4.78, 5) is 4.48. The van der Waals surface area contributed by atoms with Crippen LogP contribution in [0, 0.1) is 0 Å². The van der Waals surface area contributed by atoms with E-state index in [4.69, 9.17) is 0 Å². The highest BCUT2D eigenvalue weighted by molar-refractivity contribution is 9.11. The molecule has 1 fully saturated rings. The van der Waals surface area contributed by atoms with E-state index in [1.807, 2.05) is 24.4 Å². The topological polar surface area (TPSA) is 29.9 Å². The maximum Gasteiger partial charge on any atom is 0.207 e. The molecule has 0 amide bonds. The van der Waals surface area contributed by atoms with Gasteiger partial charge in [0, 0.05) is 27.4 Å². The average molecular weight is 399 g/mol. The Bertz CT molecular complexity index is 568. The van der Waals surface area contributed by atoms with Crippen LogP contribution in [-0.4, -0.2) is 9.55 Å². The monoisotopic (exact) mass is 397 g/mol. The average Bonchev–Trinajstić information content (AvgIpc) is 2.92. The van der Waals surface area contributed by atoms with Gasteiger partial charge in [-0.25, -0.2) is 4.98 Å². The summed E-state index contributed by atoms with van der Waals surface area (Å²) >= 11 is 7.17. The maximum absolute atomic E-state index is 4.48. The summed E-state index contributed by atoms with van der Waals surface area (Å²) in [6.07, 6.45) is 10.5. The van der Waals surface area contributed by atoms with E-state index in [0.29, 0.717) is 6.04 Å². The number of imidazole rings is 1. The van der Waals surface area contributed by atoms with E-state index >= 15 is 0 Å². The highest BCUT2D eigenvalue weighted by Gasteiger charge is 2.18. The lowest BCUT2D eigenvalue weighted by atomic mass is 9.95. The van der Waals surface area contributed by atoms with Crippen molar-refractivity contribution in [3.63, 3.8) is 0 Å². The van der Waals surface area contributed by atoms with Gasteiger partial charge in [-0.15, -0.1) is 0 Å². The number of hydrogen-bond donors (Lipinski definition) is 1. The number of halogens is 2. The summed E-state index contributed by atoms with van der Waals surface area (Å²) in [5.74, 6) is 0.921. The van der Waals surface area contributed by atoms with Crippen molar-refractivity contribution in [3.8, 4) is 0 Å². The number of aromatic nitrogens is 2. The number of anilines is 2. The van der Waals surface area contributed by atoms with Crippen LogP contribution in [0.1, 0.15) is 38.1 Å². The minimum atomic E-state index is 0.579. The fourth-order valence-corrected chi connectivity index (χ4v) is 3.99. The quantitative estimate of drug-likeness (QED) is 0.722. The molecule has 1 aromatic carbocycles. The Balaban J connectivity index is 1.86. The Kier molecular flexibility index (Phi) is 4.46. The van der Waals surface area contributed by atoms with Crippen molar-refractivity contribution >= 4 is 43.5 Å².